The summed E-state index contributed by atoms with van der Waals surface area (Å²) in [6.07, 6.45) is 0. The molecule has 0 radical (unpaired) electrons. The Labute approximate surface area is 168 Å². The van der Waals surface area contributed by atoms with E-state index in [1.54, 1.807) is 18.2 Å². The van der Waals surface area contributed by atoms with E-state index < -0.39 is 0 Å². The minimum Gasteiger partial charge on any atom is -0.439 e. The number of hydrogen-bond acceptors (Lipinski definition) is 5. The molecule has 1 N–H and O–H groups in total. The highest BCUT2D eigenvalue weighted by molar-refractivity contribution is 6.04. The van der Waals surface area contributed by atoms with Gasteiger partial charge >= 0.3 is 0 Å². The van der Waals surface area contributed by atoms with Crippen molar-refractivity contribution in [3.05, 3.63) is 84.4 Å². The van der Waals surface area contributed by atoms with E-state index in [2.05, 4.69) is 15.3 Å². The van der Waals surface area contributed by atoms with Crippen LogP contribution >= 0.6 is 0 Å². The third-order valence-corrected chi connectivity index (χ3v) is 4.36. The number of nitrogens with zero attached hydrogens (tertiary/aromatic N) is 3. The zero-order chi connectivity index (χ0) is 20.2. The maximum atomic E-state index is 12.6. The second kappa shape index (κ2) is 7.98. The largest absolute Gasteiger partial charge is 0.439 e. The predicted octanol–water partition coefficient (Wildman–Crippen LogP) is 4.74. The number of amides is 1. The zero-order valence-electron chi connectivity index (χ0n) is 16.2. The first-order chi connectivity index (χ1) is 14.1. The summed E-state index contributed by atoms with van der Waals surface area (Å²) in [5.74, 6) is 1.35. The molecule has 0 saturated heterocycles. The van der Waals surface area contributed by atoms with Crippen LogP contribution in [0.1, 0.15) is 10.4 Å². The van der Waals surface area contributed by atoms with E-state index in [1.807, 2.05) is 79.7 Å². The van der Waals surface area contributed by atoms with Crippen LogP contribution in [0.25, 0.3) is 11.0 Å². The second-order valence-electron chi connectivity index (χ2n) is 6.71. The third kappa shape index (κ3) is 4.32. The van der Waals surface area contributed by atoms with Crippen LogP contribution < -0.4 is 15.0 Å². The lowest BCUT2D eigenvalue weighted by molar-refractivity contribution is 0.102. The molecule has 0 aliphatic heterocycles. The highest BCUT2D eigenvalue weighted by Crippen LogP contribution is 2.22. The molecule has 1 amide bonds. The predicted molar refractivity (Wildman–Crippen MR) is 115 cm³/mol. The topological polar surface area (TPSA) is 67.4 Å². The molecule has 0 fully saturated rings. The molecule has 4 rings (SSSR count). The molecule has 4 aromatic rings. The highest BCUT2D eigenvalue weighted by atomic mass is 16.5. The van der Waals surface area contributed by atoms with E-state index in [9.17, 15) is 4.79 Å². The van der Waals surface area contributed by atoms with Crippen molar-refractivity contribution in [3.8, 4) is 11.6 Å². The fourth-order valence-electron chi connectivity index (χ4n) is 2.83. The lowest BCUT2D eigenvalue weighted by Crippen LogP contribution is -2.15. The van der Waals surface area contributed by atoms with Gasteiger partial charge < -0.3 is 15.0 Å². The lowest BCUT2D eigenvalue weighted by Gasteiger charge is -2.13. The minimum absolute atomic E-state index is 0.225. The molecular weight excluding hydrogens is 364 g/mol. The molecule has 0 saturated carbocycles. The van der Waals surface area contributed by atoms with Gasteiger partial charge in [-0.2, -0.15) is 4.98 Å². The van der Waals surface area contributed by atoms with Crippen molar-refractivity contribution in [1.29, 1.82) is 0 Å². The van der Waals surface area contributed by atoms with Gasteiger partial charge in [-0.25, -0.2) is 4.98 Å². The van der Waals surface area contributed by atoms with Crippen molar-refractivity contribution in [3.63, 3.8) is 0 Å². The summed E-state index contributed by atoms with van der Waals surface area (Å²) in [7, 11) is 3.87. The van der Waals surface area contributed by atoms with E-state index in [1.165, 1.54) is 0 Å². The Morgan fingerprint density at radius 2 is 1.69 bits per heavy atom. The number of aromatic nitrogens is 2. The number of pyridine rings is 2. The van der Waals surface area contributed by atoms with Gasteiger partial charge in [0, 0.05) is 36.8 Å². The number of carbonyl (C=O) groups excluding carboxylic acids is 1. The van der Waals surface area contributed by atoms with E-state index in [4.69, 9.17) is 4.74 Å². The van der Waals surface area contributed by atoms with Crippen molar-refractivity contribution in [1.82, 2.24) is 9.97 Å². The molecule has 0 spiro atoms. The maximum absolute atomic E-state index is 12.6. The molecule has 2 aromatic carbocycles. The molecule has 0 aliphatic rings. The molecule has 0 atom stereocenters. The summed E-state index contributed by atoms with van der Waals surface area (Å²) in [6, 6.07) is 24.1. The first kappa shape index (κ1) is 18.4. The van der Waals surface area contributed by atoms with Crippen molar-refractivity contribution in [2.75, 3.05) is 24.3 Å². The van der Waals surface area contributed by atoms with Gasteiger partial charge in [-0.1, -0.05) is 24.3 Å². The maximum Gasteiger partial charge on any atom is 0.256 e. The number of carbonyl (C=O) groups is 1. The Morgan fingerprint density at radius 3 is 2.48 bits per heavy atom. The molecule has 2 heterocycles. The van der Waals surface area contributed by atoms with Crippen LogP contribution in [0, 0.1) is 0 Å². The standard InChI is InChI=1S/C23H20N4O2/c1-27(2)18-8-6-7-17(15-18)23(28)25-20-13-11-16-12-14-21(26-22(16)24-20)29-19-9-4-3-5-10-19/h3-15H,1-2H3,(H,24,25,26,28). The molecule has 0 aliphatic carbocycles. The summed E-state index contributed by atoms with van der Waals surface area (Å²) < 4.78 is 5.77. The minimum atomic E-state index is -0.225. The van der Waals surface area contributed by atoms with Gasteiger partial charge in [-0.05, 0) is 48.5 Å². The summed E-state index contributed by atoms with van der Waals surface area (Å²) in [6.45, 7) is 0. The van der Waals surface area contributed by atoms with Crippen LogP contribution in [0.4, 0.5) is 11.5 Å². The number of rotatable bonds is 5. The smallest absolute Gasteiger partial charge is 0.256 e. The number of anilines is 2. The van der Waals surface area contributed by atoms with Crippen LogP contribution in [-0.4, -0.2) is 30.0 Å². The molecule has 0 unspecified atom stereocenters. The molecule has 2 aromatic heterocycles. The monoisotopic (exact) mass is 384 g/mol. The van der Waals surface area contributed by atoms with Gasteiger partial charge in [0.2, 0.25) is 5.88 Å². The van der Waals surface area contributed by atoms with Crippen molar-refractivity contribution in [2.24, 2.45) is 0 Å². The number of benzene rings is 2. The Hall–Kier alpha value is -3.93. The summed E-state index contributed by atoms with van der Waals surface area (Å²) >= 11 is 0. The van der Waals surface area contributed by atoms with Crippen LogP contribution in [0.2, 0.25) is 0 Å². The van der Waals surface area contributed by atoms with Crippen LogP contribution in [0.3, 0.4) is 0 Å². The highest BCUT2D eigenvalue weighted by Gasteiger charge is 2.10. The van der Waals surface area contributed by atoms with Gasteiger partial charge in [0.05, 0.1) is 0 Å². The molecule has 6 nitrogen and oxygen atoms in total. The number of para-hydroxylation sites is 1. The number of ether oxygens (including phenoxy) is 1. The van der Waals surface area contributed by atoms with Crippen molar-refractivity contribution < 1.29 is 9.53 Å². The summed E-state index contributed by atoms with van der Waals surface area (Å²) in [4.78, 5) is 23.5. The molecule has 0 bridgehead atoms. The van der Waals surface area contributed by atoms with Gasteiger partial charge in [0.25, 0.3) is 5.91 Å². The van der Waals surface area contributed by atoms with Crippen LogP contribution in [0.5, 0.6) is 11.6 Å². The average molecular weight is 384 g/mol. The molecule has 6 heteroatoms. The van der Waals surface area contributed by atoms with Crippen molar-refractivity contribution in [2.45, 2.75) is 0 Å². The first-order valence-electron chi connectivity index (χ1n) is 9.18. The lowest BCUT2D eigenvalue weighted by atomic mass is 10.2. The van der Waals surface area contributed by atoms with Crippen molar-refractivity contribution >= 4 is 28.4 Å². The van der Waals surface area contributed by atoms with E-state index in [0.717, 1.165) is 11.1 Å². The Balaban J connectivity index is 1.56. The number of hydrogen-bond donors (Lipinski definition) is 1. The quantitative estimate of drug-likeness (QED) is 0.538. The number of fused-ring (bicyclic) bond motifs is 1. The third-order valence-electron chi connectivity index (χ3n) is 4.36. The van der Waals surface area contributed by atoms with Gasteiger partial charge in [-0.3, -0.25) is 4.79 Å². The summed E-state index contributed by atoms with van der Waals surface area (Å²) in [5.41, 5.74) is 2.01. The van der Waals surface area contributed by atoms with Gasteiger partial charge in [-0.15, -0.1) is 0 Å². The molecule has 144 valence electrons. The SMILES string of the molecule is CN(C)c1cccc(C(=O)Nc2ccc3ccc(Oc4ccccc4)nc3n2)c1. The van der Waals surface area contributed by atoms with E-state index in [0.29, 0.717) is 28.7 Å². The fraction of sp³-hybridized carbons (Fsp3) is 0.0870. The Kier molecular flexibility index (Phi) is 5.07. The van der Waals surface area contributed by atoms with Crippen LogP contribution in [-0.2, 0) is 0 Å². The second-order valence-corrected chi connectivity index (χ2v) is 6.71. The Bertz CT molecular complexity index is 1160. The van der Waals surface area contributed by atoms with Gasteiger partial charge in [0.1, 0.15) is 11.6 Å². The summed E-state index contributed by atoms with van der Waals surface area (Å²) in [5, 5.41) is 3.70. The van der Waals surface area contributed by atoms with Gasteiger partial charge in [0.15, 0.2) is 5.65 Å². The molecule has 29 heavy (non-hydrogen) atoms. The fourth-order valence-corrected chi connectivity index (χ4v) is 2.83. The Morgan fingerprint density at radius 1 is 0.897 bits per heavy atom. The molecular formula is C23H20N4O2. The first-order valence-corrected chi connectivity index (χ1v) is 9.18. The van der Waals surface area contributed by atoms with Crippen LogP contribution in [0.15, 0.2) is 78.9 Å². The van der Waals surface area contributed by atoms with E-state index >= 15 is 0 Å². The average Bonchev–Trinajstić information content (AvgIpc) is 2.74. The normalized spacial score (nSPS) is 10.6. The zero-order valence-corrected chi connectivity index (χ0v) is 16.2. The number of nitrogens with one attached hydrogen (secondary N) is 1. The van der Waals surface area contributed by atoms with E-state index in [-0.39, 0.29) is 5.91 Å².